The van der Waals surface area contributed by atoms with Crippen LogP contribution in [0.4, 0.5) is 13.2 Å². The summed E-state index contributed by atoms with van der Waals surface area (Å²) in [6.07, 6.45) is 0.856. The zero-order chi connectivity index (χ0) is 21.9. The van der Waals surface area contributed by atoms with Crippen LogP contribution < -0.4 is 15.4 Å². The van der Waals surface area contributed by atoms with Crippen LogP contribution in [0.15, 0.2) is 36.4 Å². The molecule has 2 N–H and O–H groups in total. The van der Waals surface area contributed by atoms with E-state index in [4.69, 9.17) is 16.3 Å². The molecule has 2 aromatic carbocycles. The predicted molar refractivity (Wildman–Crippen MR) is 105 cm³/mol. The minimum Gasteiger partial charge on any atom is -0.484 e. The van der Waals surface area contributed by atoms with Gasteiger partial charge >= 0.3 is 0 Å². The van der Waals surface area contributed by atoms with Crippen LogP contribution in [0, 0.1) is 17.5 Å². The average Bonchev–Trinajstić information content (AvgIpc) is 2.60. The first-order valence-electron chi connectivity index (χ1n) is 9.25. The Balaban J connectivity index is 1.41. The van der Waals surface area contributed by atoms with Gasteiger partial charge in [0.1, 0.15) is 23.2 Å². The van der Waals surface area contributed by atoms with Gasteiger partial charge in [0.15, 0.2) is 6.61 Å². The molecule has 1 fully saturated rings. The summed E-state index contributed by atoms with van der Waals surface area (Å²) in [6.45, 7) is 1.54. The highest BCUT2D eigenvalue weighted by Crippen LogP contribution is 2.32. The highest BCUT2D eigenvalue weighted by molar-refractivity contribution is 6.30. The zero-order valence-electron chi connectivity index (χ0n) is 16.1. The first-order chi connectivity index (χ1) is 14.1. The van der Waals surface area contributed by atoms with Gasteiger partial charge in [0.2, 0.25) is 5.91 Å². The van der Waals surface area contributed by atoms with E-state index in [2.05, 4.69) is 10.6 Å². The van der Waals surface area contributed by atoms with Gasteiger partial charge in [-0.1, -0.05) is 11.6 Å². The van der Waals surface area contributed by atoms with Crippen LogP contribution >= 0.6 is 11.6 Å². The summed E-state index contributed by atoms with van der Waals surface area (Å²) >= 11 is 5.59. The molecule has 3 rings (SSSR count). The van der Waals surface area contributed by atoms with E-state index >= 15 is 0 Å². The number of amides is 2. The molecule has 1 saturated carbocycles. The van der Waals surface area contributed by atoms with Crippen molar-refractivity contribution in [2.75, 3.05) is 6.61 Å². The third-order valence-electron chi connectivity index (χ3n) is 4.75. The van der Waals surface area contributed by atoms with E-state index < -0.39 is 23.0 Å². The first kappa shape index (κ1) is 22.0. The van der Waals surface area contributed by atoms with Gasteiger partial charge in [0.05, 0.1) is 11.4 Å². The average molecular weight is 441 g/mol. The van der Waals surface area contributed by atoms with E-state index in [-0.39, 0.29) is 47.2 Å². The molecule has 1 aliphatic rings. The summed E-state index contributed by atoms with van der Waals surface area (Å²) in [5, 5.41) is 5.57. The number of halogens is 4. The summed E-state index contributed by atoms with van der Waals surface area (Å²) in [5.74, 6) is -2.66. The lowest BCUT2D eigenvalue weighted by Crippen LogP contribution is -2.62. The van der Waals surface area contributed by atoms with Gasteiger partial charge in [0, 0.05) is 23.7 Å². The van der Waals surface area contributed by atoms with Crippen molar-refractivity contribution in [1.82, 2.24) is 10.6 Å². The molecular weight excluding hydrogens is 421 g/mol. The number of carbonyl (C=O) groups excluding carboxylic acids is 2. The van der Waals surface area contributed by atoms with Gasteiger partial charge in [-0.3, -0.25) is 9.59 Å². The van der Waals surface area contributed by atoms with Crippen LogP contribution in [-0.4, -0.2) is 30.0 Å². The van der Waals surface area contributed by atoms with E-state index in [0.29, 0.717) is 12.8 Å². The minimum absolute atomic E-state index is 0.0376. The van der Waals surface area contributed by atoms with Crippen LogP contribution in [0.25, 0.3) is 0 Å². The van der Waals surface area contributed by atoms with Crippen molar-refractivity contribution >= 4 is 23.4 Å². The topological polar surface area (TPSA) is 67.4 Å². The van der Waals surface area contributed by atoms with Gasteiger partial charge in [-0.2, -0.15) is 0 Å². The second-order valence-electron chi connectivity index (χ2n) is 7.60. The second kappa shape index (κ2) is 8.95. The molecule has 0 aromatic heterocycles. The Morgan fingerprint density at radius 3 is 2.40 bits per heavy atom. The number of carbonyl (C=O) groups is 2. The summed E-state index contributed by atoms with van der Waals surface area (Å²) in [6, 6.07) is 6.70. The lowest BCUT2D eigenvalue weighted by atomic mass is 9.74. The van der Waals surface area contributed by atoms with Crippen LogP contribution in [0.2, 0.25) is 5.02 Å². The van der Waals surface area contributed by atoms with Crippen molar-refractivity contribution in [3.05, 3.63) is 64.4 Å². The van der Waals surface area contributed by atoms with Crippen molar-refractivity contribution in [1.29, 1.82) is 0 Å². The molecule has 0 aliphatic heterocycles. The lowest BCUT2D eigenvalue weighted by Gasteiger charge is -2.45. The van der Waals surface area contributed by atoms with Gasteiger partial charge in [-0.15, -0.1) is 0 Å². The van der Waals surface area contributed by atoms with E-state index in [1.807, 2.05) is 6.92 Å². The molecule has 9 heteroatoms. The van der Waals surface area contributed by atoms with Gasteiger partial charge < -0.3 is 15.4 Å². The fourth-order valence-electron chi connectivity index (χ4n) is 3.50. The Hall–Kier alpha value is -2.74. The number of hydrogen-bond acceptors (Lipinski definition) is 3. The summed E-state index contributed by atoms with van der Waals surface area (Å²) < 4.78 is 45.0. The Labute approximate surface area is 176 Å². The van der Waals surface area contributed by atoms with Crippen molar-refractivity contribution < 1.29 is 27.5 Å². The highest BCUT2D eigenvalue weighted by Gasteiger charge is 2.42. The zero-order valence-corrected chi connectivity index (χ0v) is 16.9. The van der Waals surface area contributed by atoms with Crippen molar-refractivity contribution in [2.24, 2.45) is 0 Å². The largest absolute Gasteiger partial charge is 0.484 e. The summed E-state index contributed by atoms with van der Waals surface area (Å²) in [7, 11) is 0. The van der Waals surface area contributed by atoms with E-state index in [1.165, 1.54) is 12.1 Å². The molecule has 0 radical (unpaired) electrons. The van der Waals surface area contributed by atoms with E-state index in [1.54, 1.807) is 0 Å². The molecule has 0 saturated heterocycles. The SMILES string of the molecule is CC1(NC(=O)COc2ccc(Cl)c(F)c2)CC(NC(=O)Cc2cc(F)cc(F)c2)C1. The Bertz CT molecular complexity index is 944. The third-order valence-corrected chi connectivity index (χ3v) is 5.05. The Kier molecular flexibility index (Phi) is 6.55. The number of hydrogen-bond donors (Lipinski definition) is 2. The minimum atomic E-state index is -0.736. The van der Waals surface area contributed by atoms with Crippen molar-refractivity contribution in [3.8, 4) is 5.75 Å². The second-order valence-corrected chi connectivity index (χ2v) is 8.01. The van der Waals surface area contributed by atoms with Crippen LogP contribution in [0.5, 0.6) is 5.75 Å². The first-order valence-corrected chi connectivity index (χ1v) is 9.63. The van der Waals surface area contributed by atoms with Crippen LogP contribution in [0.1, 0.15) is 25.3 Å². The molecule has 0 unspecified atom stereocenters. The molecule has 0 atom stereocenters. The van der Waals surface area contributed by atoms with Crippen molar-refractivity contribution in [2.45, 2.75) is 37.8 Å². The maximum absolute atomic E-state index is 13.4. The van der Waals surface area contributed by atoms with E-state index in [9.17, 15) is 22.8 Å². The Morgan fingerprint density at radius 2 is 1.77 bits per heavy atom. The van der Waals surface area contributed by atoms with Gasteiger partial charge in [-0.05, 0) is 49.6 Å². The number of nitrogens with one attached hydrogen (secondary N) is 2. The molecule has 0 spiro atoms. The molecule has 160 valence electrons. The van der Waals surface area contributed by atoms with E-state index in [0.717, 1.165) is 24.3 Å². The van der Waals surface area contributed by atoms with Crippen LogP contribution in [-0.2, 0) is 16.0 Å². The third kappa shape index (κ3) is 5.89. The fraction of sp³-hybridized carbons (Fsp3) is 0.333. The monoisotopic (exact) mass is 440 g/mol. The quantitative estimate of drug-likeness (QED) is 0.692. The van der Waals surface area contributed by atoms with Gasteiger partial charge in [0.25, 0.3) is 5.91 Å². The molecule has 2 amide bonds. The molecule has 30 heavy (non-hydrogen) atoms. The number of benzene rings is 2. The number of rotatable bonds is 7. The summed E-state index contributed by atoms with van der Waals surface area (Å²) in [5.41, 5.74) is -0.273. The maximum Gasteiger partial charge on any atom is 0.258 e. The molecule has 2 aromatic rings. The fourth-order valence-corrected chi connectivity index (χ4v) is 3.61. The maximum atomic E-state index is 13.4. The van der Waals surface area contributed by atoms with Gasteiger partial charge in [-0.25, -0.2) is 13.2 Å². The molecular formula is C21H20ClF3N2O3. The molecule has 1 aliphatic carbocycles. The predicted octanol–water partition coefficient (Wildman–Crippen LogP) is 3.53. The number of ether oxygens (including phenoxy) is 1. The van der Waals surface area contributed by atoms with Crippen molar-refractivity contribution in [3.63, 3.8) is 0 Å². The standard InChI is InChI=1S/C21H20ClF3N2O3/c1-21(27-20(29)11-30-16-2-3-17(22)18(25)8-16)9-15(10-21)26-19(28)6-12-4-13(23)7-14(24)5-12/h2-5,7-8,15H,6,9-11H2,1H3,(H,26,28)(H,27,29). The molecule has 5 nitrogen and oxygen atoms in total. The smallest absolute Gasteiger partial charge is 0.258 e. The molecule has 0 bridgehead atoms. The normalized spacial score (nSPS) is 20.2. The molecule has 0 heterocycles. The van der Waals surface area contributed by atoms with Crippen LogP contribution in [0.3, 0.4) is 0 Å². The lowest BCUT2D eigenvalue weighted by molar-refractivity contribution is -0.126. The summed E-state index contributed by atoms with van der Waals surface area (Å²) in [4.78, 5) is 24.2. The highest BCUT2D eigenvalue weighted by atomic mass is 35.5. The Morgan fingerprint density at radius 1 is 1.10 bits per heavy atom.